The van der Waals surface area contributed by atoms with E-state index in [2.05, 4.69) is 19.2 Å². The highest BCUT2D eigenvalue weighted by Gasteiger charge is 2.06. The summed E-state index contributed by atoms with van der Waals surface area (Å²) >= 11 is 0. The summed E-state index contributed by atoms with van der Waals surface area (Å²) in [5, 5.41) is 3.43. The Bertz CT molecular complexity index is 231. The molecule has 0 radical (unpaired) electrons. The predicted octanol–water partition coefficient (Wildman–Crippen LogP) is 1.98. The molecule has 0 amide bonds. The topological polar surface area (TPSA) is 46.2 Å². The molecular weight excluding hydrogens is 210 g/mol. The Morgan fingerprint density at radius 1 is 1.13 bits per heavy atom. The summed E-state index contributed by atoms with van der Waals surface area (Å²) in [4.78, 5) is 0. The number of nitrogens with one attached hydrogen (secondary N) is 1. The maximum atomic E-state index is 10.9. The van der Waals surface area contributed by atoms with E-state index in [1.54, 1.807) is 0 Å². The van der Waals surface area contributed by atoms with Crippen LogP contribution >= 0.6 is 0 Å². The zero-order chi connectivity index (χ0) is 11.7. The molecule has 3 nitrogen and oxygen atoms in total. The highest BCUT2D eigenvalue weighted by Crippen LogP contribution is 2.04. The number of sulfone groups is 1. The summed E-state index contributed by atoms with van der Waals surface area (Å²) in [6, 6.07) is 0.569. The van der Waals surface area contributed by atoms with Gasteiger partial charge in [0.1, 0.15) is 9.84 Å². The van der Waals surface area contributed by atoms with Crippen LogP contribution in [0.2, 0.25) is 0 Å². The van der Waals surface area contributed by atoms with Crippen molar-refractivity contribution >= 4 is 9.84 Å². The van der Waals surface area contributed by atoms with Crippen LogP contribution in [-0.2, 0) is 9.84 Å². The van der Waals surface area contributed by atoms with E-state index < -0.39 is 9.84 Å². The monoisotopic (exact) mass is 235 g/mol. The number of rotatable bonds is 9. The average molecular weight is 235 g/mol. The fraction of sp³-hybridized carbons (Fsp3) is 1.00. The third-order valence-corrected chi connectivity index (χ3v) is 3.43. The van der Waals surface area contributed by atoms with Gasteiger partial charge < -0.3 is 5.32 Å². The summed E-state index contributed by atoms with van der Waals surface area (Å²) < 4.78 is 21.8. The van der Waals surface area contributed by atoms with Crippen molar-refractivity contribution in [3.8, 4) is 0 Å². The first-order valence-electron chi connectivity index (χ1n) is 5.90. The molecule has 0 saturated heterocycles. The van der Waals surface area contributed by atoms with E-state index in [9.17, 15) is 8.42 Å². The van der Waals surface area contributed by atoms with Gasteiger partial charge in [0, 0.05) is 12.3 Å². The Balaban J connectivity index is 3.61. The Kier molecular flexibility index (Phi) is 8.06. The van der Waals surface area contributed by atoms with Gasteiger partial charge in [0.05, 0.1) is 5.75 Å². The van der Waals surface area contributed by atoms with Crippen LogP contribution in [0.3, 0.4) is 0 Å². The molecule has 0 rings (SSSR count). The average Bonchev–Trinajstić information content (AvgIpc) is 2.11. The van der Waals surface area contributed by atoms with Crippen molar-refractivity contribution in [2.24, 2.45) is 0 Å². The summed E-state index contributed by atoms with van der Waals surface area (Å²) in [5.74, 6) is 0.297. The van der Waals surface area contributed by atoms with Crippen LogP contribution in [0.5, 0.6) is 0 Å². The van der Waals surface area contributed by atoms with Gasteiger partial charge in [0.25, 0.3) is 0 Å². The standard InChI is InChI=1S/C11H25NO2S/c1-4-7-11(8-5-2)12-9-6-10-15(3,13)14/h11-12H,4-10H2,1-3H3. The van der Waals surface area contributed by atoms with E-state index in [4.69, 9.17) is 0 Å². The predicted molar refractivity (Wildman–Crippen MR) is 65.9 cm³/mol. The van der Waals surface area contributed by atoms with Gasteiger partial charge in [-0.15, -0.1) is 0 Å². The van der Waals surface area contributed by atoms with Crippen LogP contribution < -0.4 is 5.32 Å². The van der Waals surface area contributed by atoms with Crippen LogP contribution in [0.25, 0.3) is 0 Å². The molecule has 0 bridgehead atoms. The maximum absolute atomic E-state index is 10.9. The van der Waals surface area contributed by atoms with E-state index in [0.29, 0.717) is 11.8 Å². The summed E-state index contributed by atoms with van der Waals surface area (Å²) in [7, 11) is -2.79. The van der Waals surface area contributed by atoms with Gasteiger partial charge in [-0.1, -0.05) is 26.7 Å². The van der Waals surface area contributed by atoms with E-state index in [0.717, 1.165) is 13.0 Å². The lowest BCUT2D eigenvalue weighted by Gasteiger charge is -2.16. The molecule has 92 valence electrons. The zero-order valence-electron chi connectivity index (χ0n) is 10.3. The largest absolute Gasteiger partial charge is 0.314 e. The molecule has 0 saturated carbocycles. The molecule has 0 aliphatic carbocycles. The van der Waals surface area contributed by atoms with E-state index in [1.807, 2.05) is 0 Å². The highest BCUT2D eigenvalue weighted by molar-refractivity contribution is 7.90. The number of hydrogen-bond donors (Lipinski definition) is 1. The lowest BCUT2D eigenvalue weighted by molar-refractivity contribution is 0.444. The van der Waals surface area contributed by atoms with Crippen LogP contribution in [-0.4, -0.2) is 33.0 Å². The molecule has 0 aromatic rings. The van der Waals surface area contributed by atoms with Crippen molar-refractivity contribution in [1.82, 2.24) is 5.32 Å². The van der Waals surface area contributed by atoms with Crippen molar-refractivity contribution in [3.63, 3.8) is 0 Å². The third kappa shape index (κ3) is 10.2. The lowest BCUT2D eigenvalue weighted by atomic mass is 10.1. The molecule has 0 fully saturated rings. The summed E-state index contributed by atoms with van der Waals surface area (Å²) in [5.41, 5.74) is 0. The minimum atomic E-state index is -2.79. The van der Waals surface area contributed by atoms with E-state index >= 15 is 0 Å². The molecule has 0 aliphatic heterocycles. The van der Waals surface area contributed by atoms with Crippen LogP contribution in [0, 0.1) is 0 Å². The van der Waals surface area contributed by atoms with Crippen molar-refractivity contribution < 1.29 is 8.42 Å². The van der Waals surface area contributed by atoms with E-state index in [1.165, 1.54) is 31.9 Å². The van der Waals surface area contributed by atoms with Crippen molar-refractivity contribution in [2.45, 2.75) is 52.0 Å². The summed E-state index contributed by atoms with van der Waals surface area (Å²) in [6.45, 7) is 5.18. The fourth-order valence-electron chi connectivity index (χ4n) is 1.69. The maximum Gasteiger partial charge on any atom is 0.147 e. The molecule has 0 unspecified atom stereocenters. The Morgan fingerprint density at radius 3 is 2.07 bits per heavy atom. The SMILES string of the molecule is CCCC(CCC)NCCCS(C)(=O)=O. The Hall–Kier alpha value is -0.0900. The molecule has 0 aromatic heterocycles. The van der Waals surface area contributed by atoms with Gasteiger partial charge in [-0.2, -0.15) is 0 Å². The molecule has 0 heterocycles. The van der Waals surface area contributed by atoms with Gasteiger partial charge in [-0.05, 0) is 25.8 Å². The quantitative estimate of drug-likeness (QED) is 0.622. The second kappa shape index (κ2) is 8.11. The highest BCUT2D eigenvalue weighted by atomic mass is 32.2. The minimum absolute atomic E-state index is 0.297. The molecule has 0 aliphatic rings. The van der Waals surface area contributed by atoms with Crippen molar-refractivity contribution in [1.29, 1.82) is 0 Å². The first-order chi connectivity index (χ1) is 6.99. The summed E-state index contributed by atoms with van der Waals surface area (Å²) in [6.07, 6.45) is 6.76. The molecule has 15 heavy (non-hydrogen) atoms. The number of hydrogen-bond acceptors (Lipinski definition) is 3. The van der Waals surface area contributed by atoms with Gasteiger partial charge in [0.2, 0.25) is 0 Å². The third-order valence-electron chi connectivity index (χ3n) is 2.40. The van der Waals surface area contributed by atoms with Crippen LogP contribution in [0.4, 0.5) is 0 Å². The second-order valence-corrected chi connectivity index (χ2v) is 6.47. The van der Waals surface area contributed by atoms with Gasteiger partial charge >= 0.3 is 0 Å². The molecule has 0 atom stereocenters. The molecule has 0 aromatic carbocycles. The first-order valence-corrected chi connectivity index (χ1v) is 7.96. The van der Waals surface area contributed by atoms with Gasteiger partial charge in [0.15, 0.2) is 0 Å². The fourth-order valence-corrected chi connectivity index (χ4v) is 2.35. The molecule has 4 heteroatoms. The van der Waals surface area contributed by atoms with Crippen LogP contribution in [0.1, 0.15) is 46.0 Å². The second-order valence-electron chi connectivity index (χ2n) is 4.21. The van der Waals surface area contributed by atoms with Gasteiger partial charge in [-0.25, -0.2) is 8.42 Å². The molecule has 0 spiro atoms. The normalized spacial score (nSPS) is 12.3. The first kappa shape index (κ1) is 14.9. The zero-order valence-corrected chi connectivity index (χ0v) is 11.1. The van der Waals surface area contributed by atoms with Crippen molar-refractivity contribution in [3.05, 3.63) is 0 Å². The van der Waals surface area contributed by atoms with Crippen molar-refractivity contribution in [2.75, 3.05) is 18.6 Å². The lowest BCUT2D eigenvalue weighted by Crippen LogP contribution is -2.30. The molecule has 1 N–H and O–H groups in total. The Labute approximate surface area is 94.6 Å². The smallest absolute Gasteiger partial charge is 0.147 e. The van der Waals surface area contributed by atoms with Crippen LogP contribution in [0.15, 0.2) is 0 Å². The Morgan fingerprint density at radius 2 is 1.67 bits per heavy atom. The van der Waals surface area contributed by atoms with E-state index in [-0.39, 0.29) is 0 Å². The molecular formula is C11H25NO2S. The minimum Gasteiger partial charge on any atom is -0.314 e. The van der Waals surface area contributed by atoms with Gasteiger partial charge in [-0.3, -0.25) is 0 Å².